The summed E-state index contributed by atoms with van der Waals surface area (Å²) >= 11 is 0. The lowest BCUT2D eigenvalue weighted by molar-refractivity contribution is 0.0670. The summed E-state index contributed by atoms with van der Waals surface area (Å²) in [7, 11) is 0. The fourth-order valence-corrected chi connectivity index (χ4v) is 3.28. The molecule has 2 aliphatic heterocycles. The molecule has 3 heterocycles. The third-order valence-corrected chi connectivity index (χ3v) is 4.47. The van der Waals surface area contributed by atoms with Gasteiger partial charge in [-0.05, 0) is 32.0 Å². The smallest absolute Gasteiger partial charge is 0.120 e. The molecular formula is C18H23N5O2. The average molecular weight is 341 g/mol. The van der Waals surface area contributed by atoms with Crippen LogP contribution in [0.4, 0.5) is 0 Å². The Kier molecular flexibility index (Phi) is 4.40. The number of amidine groups is 1. The maximum absolute atomic E-state index is 5.82. The number of aliphatic imine (C=N–C) groups is 2. The SMILES string of the molecule is CC(C)Oc1ccc2n[nH]c(C3CC(N4CCOCC4)=NC=N3)c2c1. The van der Waals surface area contributed by atoms with Crippen molar-refractivity contribution in [2.45, 2.75) is 32.4 Å². The lowest BCUT2D eigenvalue weighted by atomic mass is 10.0. The van der Waals surface area contributed by atoms with E-state index >= 15 is 0 Å². The molecule has 0 aliphatic carbocycles. The predicted octanol–water partition coefficient (Wildman–Crippen LogP) is 2.55. The highest BCUT2D eigenvalue weighted by molar-refractivity contribution is 5.92. The van der Waals surface area contributed by atoms with E-state index in [0.717, 1.165) is 60.9 Å². The molecule has 1 atom stereocenters. The molecule has 0 saturated carbocycles. The Balaban J connectivity index is 1.59. The van der Waals surface area contributed by atoms with E-state index in [1.165, 1.54) is 0 Å². The van der Waals surface area contributed by atoms with Gasteiger partial charge in [-0.15, -0.1) is 0 Å². The van der Waals surface area contributed by atoms with Crippen LogP contribution in [0.1, 0.15) is 32.0 Å². The van der Waals surface area contributed by atoms with E-state index in [0.29, 0.717) is 0 Å². The van der Waals surface area contributed by atoms with Gasteiger partial charge in [-0.1, -0.05) is 0 Å². The number of nitrogens with one attached hydrogen (secondary N) is 1. The van der Waals surface area contributed by atoms with Crippen LogP contribution < -0.4 is 4.74 Å². The van der Waals surface area contributed by atoms with Crippen molar-refractivity contribution in [3.8, 4) is 5.75 Å². The molecule has 0 radical (unpaired) electrons. The summed E-state index contributed by atoms with van der Waals surface area (Å²) in [5.74, 6) is 1.92. The Morgan fingerprint density at radius 1 is 1.28 bits per heavy atom. The molecule has 0 bridgehead atoms. The first kappa shape index (κ1) is 16.1. The zero-order chi connectivity index (χ0) is 17.2. The van der Waals surface area contributed by atoms with Gasteiger partial charge in [0.15, 0.2) is 0 Å². The van der Waals surface area contributed by atoms with E-state index in [-0.39, 0.29) is 12.1 Å². The van der Waals surface area contributed by atoms with Crippen LogP contribution in [0, 0.1) is 0 Å². The molecule has 1 aromatic heterocycles. The van der Waals surface area contributed by atoms with Crippen LogP contribution in [-0.4, -0.2) is 59.7 Å². The first-order valence-electron chi connectivity index (χ1n) is 8.76. The third-order valence-electron chi connectivity index (χ3n) is 4.47. The monoisotopic (exact) mass is 341 g/mol. The number of hydrogen-bond donors (Lipinski definition) is 1. The Morgan fingerprint density at radius 2 is 2.12 bits per heavy atom. The number of ether oxygens (including phenoxy) is 2. The lowest BCUT2D eigenvalue weighted by Gasteiger charge is -2.31. The summed E-state index contributed by atoms with van der Waals surface area (Å²) in [6.07, 6.45) is 2.57. The maximum Gasteiger partial charge on any atom is 0.120 e. The number of nitrogens with zero attached hydrogens (tertiary/aromatic N) is 4. The molecule has 1 saturated heterocycles. The zero-order valence-corrected chi connectivity index (χ0v) is 14.6. The minimum Gasteiger partial charge on any atom is -0.491 e. The number of hydrogen-bond acceptors (Lipinski definition) is 6. The van der Waals surface area contributed by atoms with Gasteiger partial charge in [0.1, 0.15) is 24.0 Å². The van der Waals surface area contributed by atoms with Crippen LogP contribution >= 0.6 is 0 Å². The van der Waals surface area contributed by atoms with E-state index in [9.17, 15) is 0 Å². The topological polar surface area (TPSA) is 75.1 Å². The fraction of sp³-hybridized carbons (Fsp3) is 0.500. The molecule has 0 spiro atoms. The second kappa shape index (κ2) is 6.84. The molecule has 2 aromatic rings. The summed E-state index contributed by atoms with van der Waals surface area (Å²) in [6.45, 7) is 7.33. The largest absolute Gasteiger partial charge is 0.491 e. The molecule has 1 N–H and O–H groups in total. The molecule has 132 valence electrons. The molecule has 1 unspecified atom stereocenters. The number of benzene rings is 1. The van der Waals surface area contributed by atoms with Crippen molar-refractivity contribution in [2.24, 2.45) is 9.98 Å². The van der Waals surface area contributed by atoms with Crippen molar-refractivity contribution in [3.05, 3.63) is 23.9 Å². The first-order chi connectivity index (χ1) is 12.2. The first-order valence-corrected chi connectivity index (χ1v) is 8.76. The van der Waals surface area contributed by atoms with Gasteiger partial charge in [0, 0.05) is 24.9 Å². The number of aromatic amines is 1. The summed E-state index contributed by atoms with van der Waals surface area (Å²) in [5, 5.41) is 8.65. The summed E-state index contributed by atoms with van der Waals surface area (Å²) in [4.78, 5) is 11.3. The summed E-state index contributed by atoms with van der Waals surface area (Å²) in [5.41, 5.74) is 1.94. The van der Waals surface area contributed by atoms with Gasteiger partial charge >= 0.3 is 0 Å². The molecule has 1 aromatic carbocycles. The lowest BCUT2D eigenvalue weighted by Crippen LogP contribution is -2.41. The molecule has 25 heavy (non-hydrogen) atoms. The standard InChI is InChI=1S/C18H23N5O2/c1-12(2)25-13-3-4-15-14(9-13)18(22-21-15)16-10-17(20-11-19-16)23-5-7-24-8-6-23/h3-4,9,11-12,16H,5-8,10H2,1-2H3,(H,21,22). The van der Waals surface area contributed by atoms with Crippen molar-refractivity contribution in [3.63, 3.8) is 0 Å². The van der Waals surface area contributed by atoms with Crippen molar-refractivity contribution < 1.29 is 9.47 Å². The highest BCUT2D eigenvalue weighted by Gasteiger charge is 2.25. The van der Waals surface area contributed by atoms with Crippen molar-refractivity contribution in [1.29, 1.82) is 0 Å². The van der Waals surface area contributed by atoms with E-state index < -0.39 is 0 Å². The third kappa shape index (κ3) is 3.37. The van der Waals surface area contributed by atoms with Crippen LogP contribution in [0.15, 0.2) is 28.2 Å². The number of H-pyrrole nitrogens is 1. The number of rotatable bonds is 3. The molecule has 7 heteroatoms. The molecule has 0 amide bonds. The van der Waals surface area contributed by atoms with Gasteiger partial charge < -0.3 is 14.4 Å². The van der Waals surface area contributed by atoms with Crippen molar-refractivity contribution in [2.75, 3.05) is 26.3 Å². The van der Waals surface area contributed by atoms with Crippen LogP contribution in [0.3, 0.4) is 0 Å². The van der Waals surface area contributed by atoms with Gasteiger partial charge in [0.05, 0.1) is 30.5 Å². The minimum atomic E-state index is -0.00496. The summed E-state index contributed by atoms with van der Waals surface area (Å²) in [6, 6.07) is 5.98. The van der Waals surface area contributed by atoms with E-state index in [2.05, 4.69) is 25.1 Å². The van der Waals surface area contributed by atoms with Gasteiger partial charge in [0.2, 0.25) is 0 Å². The van der Waals surface area contributed by atoms with E-state index in [1.807, 2.05) is 32.0 Å². The zero-order valence-electron chi connectivity index (χ0n) is 14.6. The highest BCUT2D eigenvalue weighted by atomic mass is 16.5. The molecular weight excluding hydrogens is 318 g/mol. The molecule has 1 fully saturated rings. The predicted molar refractivity (Wildman–Crippen MR) is 97.5 cm³/mol. The highest BCUT2D eigenvalue weighted by Crippen LogP contribution is 2.31. The maximum atomic E-state index is 5.82. The number of aromatic nitrogens is 2. The quantitative estimate of drug-likeness (QED) is 0.931. The summed E-state index contributed by atoms with van der Waals surface area (Å²) < 4.78 is 11.3. The van der Waals surface area contributed by atoms with E-state index in [4.69, 9.17) is 9.47 Å². The van der Waals surface area contributed by atoms with Gasteiger partial charge in [-0.25, -0.2) is 4.99 Å². The normalized spacial score (nSPS) is 21.0. The average Bonchev–Trinajstić information content (AvgIpc) is 3.05. The van der Waals surface area contributed by atoms with Gasteiger partial charge in [-0.3, -0.25) is 10.1 Å². The van der Waals surface area contributed by atoms with Crippen LogP contribution in [-0.2, 0) is 4.74 Å². The second-order valence-corrected chi connectivity index (χ2v) is 6.61. The minimum absolute atomic E-state index is 0.00496. The Bertz CT molecular complexity index is 805. The van der Waals surface area contributed by atoms with Gasteiger partial charge in [0.25, 0.3) is 0 Å². The Morgan fingerprint density at radius 3 is 2.92 bits per heavy atom. The van der Waals surface area contributed by atoms with Crippen molar-refractivity contribution >= 4 is 23.1 Å². The molecule has 7 nitrogen and oxygen atoms in total. The molecule has 2 aliphatic rings. The molecule has 4 rings (SSSR count). The number of morpholine rings is 1. The van der Waals surface area contributed by atoms with Gasteiger partial charge in [-0.2, -0.15) is 5.10 Å². The van der Waals surface area contributed by atoms with Crippen molar-refractivity contribution in [1.82, 2.24) is 15.1 Å². The van der Waals surface area contributed by atoms with Crippen LogP contribution in [0.25, 0.3) is 10.9 Å². The number of fused-ring (bicyclic) bond motifs is 1. The van der Waals surface area contributed by atoms with Crippen LogP contribution in [0.5, 0.6) is 5.75 Å². The Hall–Kier alpha value is -2.41. The Labute approximate surface area is 146 Å². The fourth-order valence-electron chi connectivity index (χ4n) is 3.28. The van der Waals surface area contributed by atoms with E-state index in [1.54, 1.807) is 6.34 Å². The second-order valence-electron chi connectivity index (χ2n) is 6.61. The van der Waals surface area contributed by atoms with Crippen LogP contribution in [0.2, 0.25) is 0 Å².